The Morgan fingerprint density at radius 2 is 1.83 bits per heavy atom. The highest BCUT2D eigenvalue weighted by Crippen LogP contribution is 2.31. The highest BCUT2D eigenvalue weighted by atomic mass is 32.1. The van der Waals surface area contributed by atoms with E-state index in [1.165, 1.54) is 16.9 Å². The summed E-state index contributed by atoms with van der Waals surface area (Å²) < 4.78 is 0. The Morgan fingerprint density at radius 3 is 2.50 bits per heavy atom. The predicted molar refractivity (Wildman–Crippen MR) is 117 cm³/mol. The number of likely N-dealkylation sites (N-methyl/N-ethyl adjacent to an activating group) is 1. The van der Waals surface area contributed by atoms with Gasteiger partial charge in [-0.05, 0) is 36.9 Å². The number of benzene rings is 1. The van der Waals surface area contributed by atoms with E-state index in [0.717, 1.165) is 38.3 Å². The maximum Gasteiger partial charge on any atom is 0.256 e. The fourth-order valence-corrected chi connectivity index (χ4v) is 4.22. The molecule has 1 aliphatic rings. The van der Waals surface area contributed by atoms with Gasteiger partial charge in [-0.15, -0.1) is 0 Å². The third kappa shape index (κ3) is 4.71. The fourth-order valence-electron chi connectivity index (χ4n) is 3.30. The van der Waals surface area contributed by atoms with Crippen LogP contribution in [0.3, 0.4) is 0 Å². The van der Waals surface area contributed by atoms with Gasteiger partial charge in [0.2, 0.25) is 0 Å². The van der Waals surface area contributed by atoms with Crippen LogP contribution < -0.4 is 5.32 Å². The lowest BCUT2D eigenvalue weighted by molar-refractivity contribution is 0.102. The summed E-state index contributed by atoms with van der Waals surface area (Å²) in [5.74, 6) is -0.248. The molecule has 0 saturated carbocycles. The molecule has 0 unspecified atom stereocenters. The van der Waals surface area contributed by atoms with Crippen LogP contribution in [-0.4, -0.2) is 58.9 Å². The molecule has 0 atom stereocenters. The van der Waals surface area contributed by atoms with Crippen LogP contribution in [0.2, 0.25) is 0 Å². The van der Waals surface area contributed by atoms with Gasteiger partial charge in [0.1, 0.15) is 16.1 Å². The molecule has 1 saturated heterocycles. The lowest BCUT2D eigenvalue weighted by atomic mass is 10.1. The minimum Gasteiger partial charge on any atom is -0.311 e. The fraction of sp³-hybridized carbons (Fsp3) is 0.273. The minimum atomic E-state index is -0.248. The largest absolute Gasteiger partial charge is 0.311 e. The van der Waals surface area contributed by atoms with E-state index < -0.39 is 0 Å². The van der Waals surface area contributed by atoms with E-state index in [9.17, 15) is 10.1 Å². The smallest absolute Gasteiger partial charge is 0.256 e. The summed E-state index contributed by atoms with van der Waals surface area (Å²) in [5, 5.41) is 13.4. The Morgan fingerprint density at radius 1 is 1.13 bits per heavy atom. The Labute approximate surface area is 179 Å². The third-order valence-corrected chi connectivity index (χ3v) is 6.13. The molecule has 8 heteroatoms. The zero-order valence-electron chi connectivity index (χ0n) is 16.7. The van der Waals surface area contributed by atoms with Crippen LogP contribution in [0, 0.1) is 11.3 Å². The van der Waals surface area contributed by atoms with Gasteiger partial charge >= 0.3 is 0 Å². The van der Waals surface area contributed by atoms with E-state index in [1.807, 2.05) is 36.4 Å². The quantitative estimate of drug-likeness (QED) is 0.685. The molecule has 152 valence electrons. The van der Waals surface area contributed by atoms with Crippen LogP contribution >= 0.6 is 11.3 Å². The number of aromatic nitrogens is 2. The number of nitriles is 1. The van der Waals surface area contributed by atoms with Crippen molar-refractivity contribution in [3.05, 3.63) is 65.6 Å². The molecule has 2 aromatic heterocycles. The number of rotatable bonds is 5. The molecule has 0 aliphatic carbocycles. The van der Waals surface area contributed by atoms with Crippen molar-refractivity contribution in [1.82, 2.24) is 19.8 Å². The summed E-state index contributed by atoms with van der Waals surface area (Å²) >= 11 is 1.28. The number of pyridine rings is 1. The first-order valence-corrected chi connectivity index (χ1v) is 10.6. The van der Waals surface area contributed by atoms with Crippen molar-refractivity contribution in [2.45, 2.75) is 6.54 Å². The number of nitrogens with zero attached hydrogens (tertiary/aromatic N) is 5. The van der Waals surface area contributed by atoms with Gasteiger partial charge < -0.3 is 10.2 Å². The third-order valence-electron chi connectivity index (χ3n) is 5.11. The molecule has 1 aliphatic heterocycles. The van der Waals surface area contributed by atoms with E-state index in [0.29, 0.717) is 15.6 Å². The van der Waals surface area contributed by atoms with Crippen LogP contribution in [0.4, 0.5) is 5.00 Å². The van der Waals surface area contributed by atoms with Gasteiger partial charge in [-0.1, -0.05) is 23.5 Å². The molecule has 0 radical (unpaired) electrons. The first kappa shape index (κ1) is 20.2. The second-order valence-corrected chi connectivity index (χ2v) is 8.27. The number of nitrogens with one attached hydrogen (secondary N) is 1. The number of hydrogen-bond acceptors (Lipinski definition) is 7. The lowest BCUT2D eigenvalue weighted by Crippen LogP contribution is -2.43. The average molecular weight is 419 g/mol. The van der Waals surface area contributed by atoms with E-state index >= 15 is 0 Å². The molecule has 1 fully saturated rings. The number of carbonyl (C=O) groups is 1. The molecule has 30 heavy (non-hydrogen) atoms. The van der Waals surface area contributed by atoms with Crippen LogP contribution in [0.25, 0.3) is 10.6 Å². The number of anilines is 1. The molecule has 3 heterocycles. The first-order chi connectivity index (χ1) is 14.6. The monoisotopic (exact) mass is 418 g/mol. The Kier molecular flexibility index (Phi) is 6.14. The second-order valence-electron chi connectivity index (χ2n) is 7.27. The van der Waals surface area contributed by atoms with Gasteiger partial charge in [0.25, 0.3) is 5.91 Å². The zero-order valence-corrected chi connectivity index (χ0v) is 17.5. The number of amides is 1. The number of thiazole rings is 1. The van der Waals surface area contributed by atoms with Crippen molar-refractivity contribution in [3.63, 3.8) is 0 Å². The van der Waals surface area contributed by atoms with E-state index in [-0.39, 0.29) is 11.6 Å². The molecule has 0 spiro atoms. The SMILES string of the molecule is CN1CCN(Cc2ccc(C(=O)Nc3sc(-c4ccncc4)nc3C#N)cc2)CC1. The Balaban J connectivity index is 1.43. The molecule has 3 aromatic rings. The molecule has 1 aromatic carbocycles. The summed E-state index contributed by atoms with van der Waals surface area (Å²) in [6, 6.07) is 13.4. The van der Waals surface area contributed by atoms with Crippen LogP contribution in [0.15, 0.2) is 48.8 Å². The summed E-state index contributed by atoms with van der Waals surface area (Å²) in [5.41, 5.74) is 2.82. The average Bonchev–Trinajstić information content (AvgIpc) is 3.19. The molecule has 0 bridgehead atoms. The van der Waals surface area contributed by atoms with E-state index in [1.54, 1.807) is 12.4 Å². The molecule has 4 rings (SSSR count). The van der Waals surface area contributed by atoms with E-state index in [2.05, 4.69) is 38.2 Å². The lowest BCUT2D eigenvalue weighted by Gasteiger charge is -2.32. The predicted octanol–water partition coefficient (Wildman–Crippen LogP) is 3.08. The van der Waals surface area contributed by atoms with Gasteiger partial charge in [0.05, 0.1) is 0 Å². The van der Waals surface area contributed by atoms with Crippen LogP contribution in [0.5, 0.6) is 0 Å². The van der Waals surface area contributed by atoms with Gasteiger partial charge in [0, 0.05) is 56.2 Å². The van der Waals surface area contributed by atoms with Gasteiger partial charge in [0.15, 0.2) is 5.69 Å². The maximum absolute atomic E-state index is 12.7. The Hall–Kier alpha value is -3.12. The van der Waals surface area contributed by atoms with Gasteiger partial charge in [-0.3, -0.25) is 14.7 Å². The summed E-state index contributed by atoms with van der Waals surface area (Å²) in [4.78, 5) is 25.8. The summed E-state index contributed by atoms with van der Waals surface area (Å²) in [6.07, 6.45) is 3.34. The highest BCUT2D eigenvalue weighted by Gasteiger charge is 2.17. The van der Waals surface area contributed by atoms with Gasteiger partial charge in [-0.2, -0.15) is 5.26 Å². The summed E-state index contributed by atoms with van der Waals surface area (Å²) in [7, 11) is 2.14. The zero-order chi connectivity index (χ0) is 20.9. The van der Waals surface area contributed by atoms with Gasteiger partial charge in [-0.25, -0.2) is 4.98 Å². The molecular weight excluding hydrogens is 396 g/mol. The number of carbonyl (C=O) groups excluding carboxylic acids is 1. The number of hydrogen-bond donors (Lipinski definition) is 1. The standard InChI is InChI=1S/C22H22N6OS/c1-27-10-12-28(13-11-27)15-16-2-4-17(5-3-16)20(29)26-22-19(14-23)25-21(30-22)18-6-8-24-9-7-18/h2-9H,10-13,15H2,1H3,(H,26,29). The molecule has 1 amide bonds. The highest BCUT2D eigenvalue weighted by molar-refractivity contribution is 7.19. The van der Waals surface area contributed by atoms with Crippen molar-refractivity contribution < 1.29 is 4.79 Å². The van der Waals surface area contributed by atoms with E-state index in [4.69, 9.17) is 0 Å². The van der Waals surface area contributed by atoms with Crippen LogP contribution in [-0.2, 0) is 6.54 Å². The van der Waals surface area contributed by atoms with Crippen molar-refractivity contribution in [2.75, 3.05) is 38.5 Å². The first-order valence-electron chi connectivity index (χ1n) is 9.75. The normalized spacial score (nSPS) is 14.9. The van der Waals surface area contributed by atoms with Crippen molar-refractivity contribution in [2.24, 2.45) is 0 Å². The minimum absolute atomic E-state index is 0.215. The van der Waals surface area contributed by atoms with Crippen LogP contribution in [0.1, 0.15) is 21.6 Å². The topological polar surface area (TPSA) is 85.2 Å². The summed E-state index contributed by atoms with van der Waals surface area (Å²) in [6.45, 7) is 5.16. The molecule has 1 N–H and O–H groups in total. The van der Waals surface area contributed by atoms with Crippen molar-refractivity contribution in [1.29, 1.82) is 5.26 Å². The van der Waals surface area contributed by atoms with Crippen molar-refractivity contribution in [3.8, 4) is 16.6 Å². The van der Waals surface area contributed by atoms with Crippen molar-refractivity contribution >= 4 is 22.2 Å². The Bertz CT molecular complexity index is 1050. The molecular formula is C22H22N6OS. The number of piperazine rings is 1. The second kappa shape index (κ2) is 9.13. The molecule has 7 nitrogen and oxygen atoms in total. The maximum atomic E-state index is 12.7.